The van der Waals surface area contributed by atoms with E-state index < -0.39 is 11.8 Å². The second-order valence-electron chi connectivity index (χ2n) is 5.02. The molecule has 2 aromatic rings. The molecule has 0 atom stereocenters. The zero-order valence-corrected chi connectivity index (χ0v) is 12.7. The minimum Gasteiger partial charge on any atom is -0.482 e. The molecule has 0 spiro atoms. The van der Waals surface area contributed by atoms with E-state index in [0.29, 0.717) is 22.6 Å². The van der Waals surface area contributed by atoms with Crippen molar-refractivity contribution in [2.24, 2.45) is 0 Å². The number of methoxy groups -OCH3 is 1. The molecule has 1 aliphatic heterocycles. The summed E-state index contributed by atoms with van der Waals surface area (Å²) in [6.07, 6.45) is 1.47. The van der Waals surface area contributed by atoms with E-state index >= 15 is 0 Å². The van der Waals surface area contributed by atoms with E-state index in [1.807, 2.05) is 0 Å². The van der Waals surface area contributed by atoms with E-state index in [9.17, 15) is 14.0 Å². The Labute approximate surface area is 137 Å². The first-order chi connectivity index (χ1) is 11.6. The summed E-state index contributed by atoms with van der Waals surface area (Å²) in [6, 6.07) is 10.5. The number of fused-ring (bicyclic) bond motifs is 1. The molecule has 6 heteroatoms. The Hall–Kier alpha value is -3.15. The molecule has 0 unspecified atom stereocenters. The van der Waals surface area contributed by atoms with Crippen LogP contribution in [0.25, 0.3) is 6.08 Å². The smallest absolute Gasteiger partial charge is 0.343 e. The summed E-state index contributed by atoms with van der Waals surface area (Å²) in [7, 11) is 1.26. The Morgan fingerprint density at radius 3 is 2.83 bits per heavy atom. The fraction of sp³-hybridized carbons (Fsp3) is 0.111. The van der Waals surface area contributed by atoms with Gasteiger partial charge in [0, 0.05) is 6.07 Å². The topological polar surface area (TPSA) is 61.8 Å². The number of ketones is 1. The van der Waals surface area contributed by atoms with Gasteiger partial charge < -0.3 is 14.2 Å². The van der Waals surface area contributed by atoms with Crippen molar-refractivity contribution in [2.45, 2.75) is 0 Å². The van der Waals surface area contributed by atoms with Crippen molar-refractivity contribution in [1.82, 2.24) is 0 Å². The molecule has 0 fully saturated rings. The first-order valence-corrected chi connectivity index (χ1v) is 7.10. The molecule has 0 N–H and O–H groups in total. The fourth-order valence-electron chi connectivity index (χ4n) is 2.21. The standard InChI is InChI=1S/C18H13FO5/c1-22-17(20)10-23-13-5-6-14-15(9-13)24-16(18(14)21)8-11-3-2-4-12(19)7-11/h2-9H,10H2,1H3/b16-8-. The number of Topliss-reactive ketones (excluding diaryl/α,β-unsaturated/α-hetero) is 1. The van der Waals surface area contributed by atoms with Crippen molar-refractivity contribution in [3.63, 3.8) is 0 Å². The highest BCUT2D eigenvalue weighted by Gasteiger charge is 2.27. The van der Waals surface area contributed by atoms with Crippen LogP contribution in [0.2, 0.25) is 0 Å². The van der Waals surface area contributed by atoms with Gasteiger partial charge >= 0.3 is 5.97 Å². The summed E-state index contributed by atoms with van der Waals surface area (Å²) in [6.45, 7) is -0.241. The third kappa shape index (κ3) is 3.27. The van der Waals surface area contributed by atoms with Gasteiger partial charge in [0.25, 0.3) is 0 Å². The monoisotopic (exact) mass is 328 g/mol. The maximum atomic E-state index is 13.2. The van der Waals surface area contributed by atoms with Crippen LogP contribution >= 0.6 is 0 Å². The van der Waals surface area contributed by atoms with Crippen LogP contribution in [0.1, 0.15) is 15.9 Å². The van der Waals surface area contributed by atoms with Crippen LogP contribution in [0.3, 0.4) is 0 Å². The fourth-order valence-corrected chi connectivity index (χ4v) is 2.21. The molecular weight excluding hydrogens is 315 g/mol. The minimum absolute atomic E-state index is 0.0979. The van der Waals surface area contributed by atoms with Crippen LogP contribution in [0.4, 0.5) is 4.39 Å². The number of benzene rings is 2. The molecule has 0 radical (unpaired) electrons. The maximum absolute atomic E-state index is 13.2. The van der Waals surface area contributed by atoms with Gasteiger partial charge in [0.2, 0.25) is 5.78 Å². The highest BCUT2D eigenvalue weighted by molar-refractivity contribution is 6.14. The van der Waals surface area contributed by atoms with E-state index in [2.05, 4.69) is 4.74 Å². The highest BCUT2D eigenvalue weighted by atomic mass is 19.1. The zero-order chi connectivity index (χ0) is 17.1. The summed E-state index contributed by atoms with van der Waals surface area (Å²) >= 11 is 0. The normalized spacial score (nSPS) is 14.2. The van der Waals surface area contributed by atoms with E-state index in [0.717, 1.165) is 0 Å². The lowest BCUT2D eigenvalue weighted by atomic mass is 10.1. The summed E-state index contributed by atoms with van der Waals surface area (Å²) in [5.74, 6) is -0.413. The number of carbonyl (C=O) groups excluding carboxylic acids is 2. The zero-order valence-electron chi connectivity index (χ0n) is 12.7. The van der Waals surface area contributed by atoms with Gasteiger partial charge in [-0.05, 0) is 35.9 Å². The quantitative estimate of drug-likeness (QED) is 0.638. The predicted molar refractivity (Wildman–Crippen MR) is 83.3 cm³/mol. The molecule has 0 aliphatic carbocycles. The third-order valence-corrected chi connectivity index (χ3v) is 3.37. The number of carbonyl (C=O) groups is 2. The van der Waals surface area contributed by atoms with Crippen LogP contribution < -0.4 is 9.47 Å². The van der Waals surface area contributed by atoms with Crippen LogP contribution in [0.15, 0.2) is 48.2 Å². The van der Waals surface area contributed by atoms with E-state index in [-0.39, 0.29) is 18.1 Å². The van der Waals surface area contributed by atoms with Crippen molar-refractivity contribution in [3.05, 3.63) is 65.2 Å². The number of halogens is 1. The van der Waals surface area contributed by atoms with Crippen LogP contribution in [0, 0.1) is 5.82 Å². The van der Waals surface area contributed by atoms with Gasteiger partial charge in [0.15, 0.2) is 12.4 Å². The van der Waals surface area contributed by atoms with Crippen LogP contribution in [0.5, 0.6) is 11.5 Å². The van der Waals surface area contributed by atoms with Crippen molar-refractivity contribution >= 4 is 17.8 Å². The molecule has 1 aliphatic rings. The van der Waals surface area contributed by atoms with E-state index in [1.165, 1.54) is 31.4 Å². The number of ether oxygens (including phenoxy) is 3. The van der Waals surface area contributed by atoms with Crippen LogP contribution in [-0.4, -0.2) is 25.5 Å². The number of esters is 1. The lowest BCUT2D eigenvalue weighted by Crippen LogP contribution is -2.12. The summed E-state index contributed by atoms with van der Waals surface area (Å²) in [5, 5.41) is 0. The lowest BCUT2D eigenvalue weighted by molar-refractivity contribution is -0.142. The first kappa shape index (κ1) is 15.7. The lowest BCUT2D eigenvalue weighted by Gasteiger charge is -2.05. The molecule has 122 valence electrons. The number of hydrogen-bond donors (Lipinski definition) is 0. The summed E-state index contributed by atoms with van der Waals surface area (Å²) in [4.78, 5) is 23.4. The van der Waals surface area contributed by atoms with Crippen molar-refractivity contribution in [2.75, 3.05) is 13.7 Å². The molecule has 24 heavy (non-hydrogen) atoms. The average molecular weight is 328 g/mol. The molecule has 1 heterocycles. The maximum Gasteiger partial charge on any atom is 0.343 e. The number of allylic oxidation sites excluding steroid dienone is 1. The molecule has 5 nitrogen and oxygen atoms in total. The van der Waals surface area contributed by atoms with Crippen molar-refractivity contribution < 1.29 is 28.2 Å². The second kappa shape index (κ2) is 6.54. The Balaban J connectivity index is 1.81. The molecule has 0 saturated carbocycles. The predicted octanol–water partition coefficient (Wildman–Crippen LogP) is 2.99. The van der Waals surface area contributed by atoms with E-state index in [4.69, 9.17) is 9.47 Å². The Morgan fingerprint density at radius 2 is 2.08 bits per heavy atom. The average Bonchev–Trinajstić information content (AvgIpc) is 2.88. The van der Waals surface area contributed by atoms with E-state index in [1.54, 1.807) is 24.3 Å². The number of hydrogen-bond acceptors (Lipinski definition) is 5. The van der Waals surface area contributed by atoms with Crippen LogP contribution in [-0.2, 0) is 9.53 Å². The molecule has 2 aromatic carbocycles. The SMILES string of the molecule is COC(=O)COc1ccc2c(c1)O/C(=C\c1cccc(F)c1)C2=O. The van der Waals surface area contributed by atoms with Gasteiger partial charge in [-0.1, -0.05) is 12.1 Å². The van der Waals surface area contributed by atoms with Gasteiger partial charge in [-0.2, -0.15) is 0 Å². The Kier molecular flexibility index (Phi) is 4.29. The van der Waals surface area contributed by atoms with Gasteiger partial charge in [-0.3, -0.25) is 4.79 Å². The summed E-state index contributed by atoms with van der Waals surface area (Å²) < 4.78 is 28.5. The highest BCUT2D eigenvalue weighted by Crippen LogP contribution is 2.34. The third-order valence-electron chi connectivity index (χ3n) is 3.37. The second-order valence-corrected chi connectivity index (χ2v) is 5.02. The molecule has 0 saturated heterocycles. The first-order valence-electron chi connectivity index (χ1n) is 7.10. The van der Waals surface area contributed by atoms with Gasteiger partial charge in [0.05, 0.1) is 12.7 Å². The number of rotatable bonds is 4. The molecule has 0 bridgehead atoms. The molecule has 0 aromatic heterocycles. The molecule has 3 rings (SSSR count). The van der Waals surface area contributed by atoms with Crippen molar-refractivity contribution in [3.8, 4) is 11.5 Å². The van der Waals surface area contributed by atoms with Gasteiger partial charge in [-0.15, -0.1) is 0 Å². The van der Waals surface area contributed by atoms with Crippen molar-refractivity contribution in [1.29, 1.82) is 0 Å². The Bertz CT molecular complexity index is 841. The largest absolute Gasteiger partial charge is 0.482 e. The van der Waals surface area contributed by atoms with Gasteiger partial charge in [-0.25, -0.2) is 9.18 Å². The molecule has 0 amide bonds. The Morgan fingerprint density at radius 1 is 1.25 bits per heavy atom. The minimum atomic E-state index is -0.515. The molecular formula is C18H13FO5. The van der Waals surface area contributed by atoms with Gasteiger partial charge in [0.1, 0.15) is 17.3 Å². The summed E-state index contributed by atoms with van der Waals surface area (Å²) in [5.41, 5.74) is 0.899.